The number of thioether (sulfide) groups is 1. The highest BCUT2D eigenvalue weighted by molar-refractivity contribution is 7.98. The molecule has 20 heavy (non-hydrogen) atoms. The summed E-state index contributed by atoms with van der Waals surface area (Å²) < 4.78 is 5.65. The van der Waals surface area contributed by atoms with E-state index in [1.54, 1.807) is 17.8 Å². The van der Waals surface area contributed by atoms with Gasteiger partial charge in [-0.15, -0.1) is 11.8 Å². The van der Waals surface area contributed by atoms with Gasteiger partial charge < -0.3 is 10.1 Å². The fourth-order valence-electron chi connectivity index (χ4n) is 1.85. The minimum atomic E-state index is 0.527. The Labute approximate surface area is 124 Å². The van der Waals surface area contributed by atoms with Crippen molar-refractivity contribution in [2.24, 2.45) is 0 Å². The van der Waals surface area contributed by atoms with Crippen LogP contribution >= 0.6 is 11.8 Å². The Morgan fingerprint density at radius 3 is 2.60 bits per heavy atom. The first kappa shape index (κ1) is 14.5. The zero-order valence-electron chi connectivity index (χ0n) is 11.6. The average Bonchev–Trinajstić information content (AvgIpc) is 2.52. The van der Waals surface area contributed by atoms with E-state index in [2.05, 4.69) is 48.5 Å². The Balaban J connectivity index is 2.00. The summed E-state index contributed by atoms with van der Waals surface area (Å²) in [4.78, 5) is 1.27. The number of anilines is 1. The first-order valence-corrected chi connectivity index (χ1v) is 7.75. The minimum absolute atomic E-state index is 0.527. The summed E-state index contributed by atoms with van der Waals surface area (Å²) in [6.45, 7) is 4.94. The van der Waals surface area contributed by atoms with Crippen molar-refractivity contribution in [3.63, 3.8) is 0 Å². The number of hydrogen-bond donors (Lipinski definition) is 1. The van der Waals surface area contributed by atoms with Gasteiger partial charge in [-0.05, 0) is 36.6 Å². The van der Waals surface area contributed by atoms with Crippen molar-refractivity contribution in [1.82, 2.24) is 0 Å². The van der Waals surface area contributed by atoms with Gasteiger partial charge in [-0.3, -0.25) is 0 Å². The Bertz CT molecular complexity index is 551. The van der Waals surface area contributed by atoms with Crippen LogP contribution in [0.2, 0.25) is 0 Å². The SMILES string of the molecule is C=CCOc1ccccc1CNc1ccc(SC)cc1. The van der Waals surface area contributed by atoms with Gasteiger partial charge in [-0.1, -0.05) is 30.9 Å². The van der Waals surface area contributed by atoms with E-state index in [0.717, 1.165) is 23.5 Å². The van der Waals surface area contributed by atoms with Crippen LogP contribution < -0.4 is 10.1 Å². The molecule has 0 heterocycles. The molecule has 0 fully saturated rings. The molecule has 0 saturated carbocycles. The standard InChI is InChI=1S/C17H19NOS/c1-3-12-19-17-7-5-4-6-14(17)13-18-15-8-10-16(20-2)11-9-15/h3-11,18H,1,12-13H2,2H3. The second kappa shape index (κ2) is 7.65. The lowest BCUT2D eigenvalue weighted by molar-refractivity contribution is 0.359. The van der Waals surface area contributed by atoms with Crippen molar-refractivity contribution in [2.45, 2.75) is 11.4 Å². The largest absolute Gasteiger partial charge is 0.489 e. The van der Waals surface area contributed by atoms with Crippen LogP contribution in [0, 0.1) is 0 Å². The quantitative estimate of drug-likeness (QED) is 0.594. The third-order valence-corrected chi connectivity index (χ3v) is 3.65. The van der Waals surface area contributed by atoms with Gasteiger partial charge >= 0.3 is 0 Å². The summed E-state index contributed by atoms with van der Waals surface area (Å²) in [6.07, 6.45) is 3.83. The molecular formula is C17H19NOS. The Kier molecular flexibility index (Phi) is 5.56. The van der Waals surface area contributed by atoms with Gasteiger partial charge in [0.25, 0.3) is 0 Å². The maximum atomic E-state index is 5.65. The number of nitrogens with one attached hydrogen (secondary N) is 1. The lowest BCUT2D eigenvalue weighted by Crippen LogP contribution is -2.03. The first-order valence-electron chi connectivity index (χ1n) is 6.53. The van der Waals surface area contributed by atoms with E-state index in [1.165, 1.54) is 4.90 Å². The Hall–Kier alpha value is -1.87. The molecule has 2 aromatic rings. The van der Waals surface area contributed by atoms with Crippen LogP contribution in [-0.4, -0.2) is 12.9 Å². The summed E-state index contributed by atoms with van der Waals surface area (Å²) in [5.41, 5.74) is 2.25. The van der Waals surface area contributed by atoms with E-state index in [9.17, 15) is 0 Å². The van der Waals surface area contributed by atoms with Gasteiger partial charge in [0.05, 0.1) is 0 Å². The molecule has 0 aliphatic heterocycles. The molecule has 0 unspecified atom stereocenters. The average molecular weight is 285 g/mol. The van der Waals surface area contributed by atoms with Gasteiger partial charge in [0.1, 0.15) is 12.4 Å². The van der Waals surface area contributed by atoms with Crippen LogP contribution in [-0.2, 0) is 6.54 Å². The van der Waals surface area contributed by atoms with Crippen molar-refractivity contribution in [3.8, 4) is 5.75 Å². The highest BCUT2D eigenvalue weighted by atomic mass is 32.2. The van der Waals surface area contributed by atoms with E-state index < -0.39 is 0 Å². The molecule has 3 heteroatoms. The zero-order valence-corrected chi connectivity index (χ0v) is 12.5. The normalized spacial score (nSPS) is 10.1. The number of benzene rings is 2. The van der Waals surface area contributed by atoms with Gasteiger partial charge in [-0.2, -0.15) is 0 Å². The maximum Gasteiger partial charge on any atom is 0.124 e. The predicted octanol–water partition coefficient (Wildman–Crippen LogP) is 4.59. The van der Waals surface area contributed by atoms with Crippen molar-refractivity contribution in [3.05, 3.63) is 66.7 Å². The third-order valence-electron chi connectivity index (χ3n) is 2.90. The van der Waals surface area contributed by atoms with Crippen LogP contribution in [0.25, 0.3) is 0 Å². The molecule has 104 valence electrons. The van der Waals surface area contributed by atoms with Gasteiger partial charge in [0, 0.05) is 22.7 Å². The van der Waals surface area contributed by atoms with Crippen molar-refractivity contribution >= 4 is 17.4 Å². The van der Waals surface area contributed by atoms with Crippen LogP contribution in [0.15, 0.2) is 66.1 Å². The molecule has 0 aromatic heterocycles. The van der Waals surface area contributed by atoms with Crippen LogP contribution in [0.1, 0.15) is 5.56 Å². The topological polar surface area (TPSA) is 21.3 Å². The molecule has 0 aliphatic carbocycles. The number of ether oxygens (including phenoxy) is 1. The summed E-state index contributed by atoms with van der Waals surface area (Å²) in [5, 5.41) is 3.41. The molecule has 1 N–H and O–H groups in total. The second-order valence-electron chi connectivity index (χ2n) is 4.29. The molecule has 2 nitrogen and oxygen atoms in total. The maximum absolute atomic E-state index is 5.65. The fraction of sp³-hybridized carbons (Fsp3) is 0.176. The number of rotatable bonds is 7. The Morgan fingerprint density at radius 2 is 1.90 bits per heavy atom. The monoisotopic (exact) mass is 285 g/mol. The number of para-hydroxylation sites is 1. The molecule has 2 aromatic carbocycles. The molecule has 0 spiro atoms. The van der Waals surface area contributed by atoms with E-state index in [1.807, 2.05) is 18.2 Å². The summed E-state index contributed by atoms with van der Waals surface area (Å²) in [7, 11) is 0. The van der Waals surface area contributed by atoms with Crippen molar-refractivity contribution < 1.29 is 4.74 Å². The third kappa shape index (κ3) is 4.07. The predicted molar refractivity (Wildman–Crippen MR) is 87.7 cm³/mol. The zero-order chi connectivity index (χ0) is 14.2. The molecule has 0 radical (unpaired) electrons. The van der Waals surface area contributed by atoms with Gasteiger partial charge in [0.2, 0.25) is 0 Å². The first-order chi connectivity index (χ1) is 9.83. The molecule has 0 bridgehead atoms. The molecule has 0 amide bonds. The number of hydrogen-bond acceptors (Lipinski definition) is 3. The van der Waals surface area contributed by atoms with Crippen LogP contribution in [0.4, 0.5) is 5.69 Å². The van der Waals surface area contributed by atoms with E-state index >= 15 is 0 Å². The lowest BCUT2D eigenvalue weighted by atomic mass is 10.2. The molecule has 0 atom stereocenters. The summed E-state index contributed by atoms with van der Waals surface area (Å²) in [6, 6.07) is 16.5. The summed E-state index contributed by atoms with van der Waals surface area (Å²) >= 11 is 1.75. The molecule has 0 aliphatic rings. The Morgan fingerprint density at radius 1 is 1.15 bits per heavy atom. The van der Waals surface area contributed by atoms with E-state index in [-0.39, 0.29) is 0 Å². The lowest BCUT2D eigenvalue weighted by Gasteiger charge is -2.12. The van der Waals surface area contributed by atoms with E-state index in [0.29, 0.717) is 6.61 Å². The van der Waals surface area contributed by atoms with Crippen molar-refractivity contribution in [2.75, 3.05) is 18.2 Å². The molecular weight excluding hydrogens is 266 g/mol. The second-order valence-corrected chi connectivity index (χ2v) is 5.17. The van der Waals surface area contributed by atoms with Crippen LogP contribution in [0.3, 0.4) is 0 Å². The summed E-state index contributed by atoms with van der Waals surface area (Å²) in [5.74, 6) is 0.903. The van der Waals surface area contributed by atoms with Crippen LogP contribution in [0.5, 0.6) is 5.75 Å². The van der Waals surface area contributed by atoms with E-state index in [4.69, 9.17) is 4.74 Å². The molecule has 0 saturated heterocycles. The van der Waals surface area contributed by atoms with Crippen molar-refractivity contribution in [1.29, 1.82) is 0 Å². The van der Waals surface area contributed by atoms with Gasteiger partial charge in [-0.25, -0.2) is 0 Å². The smallest absolute Gasteiger partial charge is 0.124 e. The molecule has 2 rings (SSSR count). The van der Waals surface area contributed by atoms with Gasteiger partial charge in [0.15, 0.2) is 0 Å². The highest BCUT2D eigenvalue weighted by Crippen LogP contribution is 2.21. The fourth-order valence-corrected chi connectivity index (χ4v) is 2.25. The minimum Gasteiger partial charge on any atom is -0.489 e. The highest BCUT2D eigenvalue weighted by Gasteiger charge is 2.02.